The number of aromatic nitrogens is 5. The number of rotatable bonds is 5. The first kappa shape index (κ1) is 21.6. The number of nitrogens with zero attached hydrogens (tertiary/aromatic N) is 6. The molecule has 1 aromatic carbocycles. The van der Waals surface area contributed by atoms with E-state index < -0.39 is 0 Å². The molecule has 2 aliphatic heterocycles. The predicted molar refractivity (Wildman–Crippen MR) is 140 cm³/mol. The van der Waals surface area contributed by atoms with E-state index in [1.807, 2.05) is 0 Å². The highest BCUT2D eigenvalue weighted by Crippen LogP contribution is 2.47. The van der Waals surface area contributed by atoms with E-state index in [4.69, 9.17) is 33.0 Å². The Kier molecular flexibility index (Phi) is 5.06. The normalized spacial score (nSPS) is 20.8. The SMILES string of the molecule is NC1CN(c2ncnc3cc(Sc4nc(N5CC[C@H](N)C5)c5c(Cl)c(C6CC6)[nH]c5n4)ccc23)C1. The van der Waals surface area contributed by atoms with Crippen LogP contribution >= 0.6 is 23.4 Å². The van der Waals surface area contributed by atoms with Gasteiger partial charge in [0, 0.05) is 60.2 Å². The maximum Gasteiger partial charge on any atom is 0.196 e. The van der Waals surface area contributed by atoms with Crippen LogP contribution in [-0.4, -0.2) is 63.2 Å². The molecule has 11 heteroatoms. The van der Waals surface area contributed by atoms with Gasteiger partial charge in [-0.3, -0.25) is 0 Å². The van der Waals surface area contributed by atoms with Crippen LogP contribution in [0.3, 0.4) is 0 Å². The van der Waals surface area contributed by atoms with Gasteiger partial charge in [0.15, 0.2) is 5.16 Å². The average Bonchev–Trinajstić information content (AvgIpc) is 3.50. The van der Waals surface area contributed by atoms with Crippen molar-refractivity contribution < 1.29 is 0 Å². The molecule has 5 N–H and O–H groups in total. The van der Waals surface area contributed by atoms with Crippen molar-refractivity contribution in [3.8, 4) is 0 Å². The summed E-state index contributed by atoms with van der Waals surface area (Å²) in [5, 5.41) is 3.37. The Hall–Kier alpha value is -2.66. The topological polar surface area (TPSA) is 126 Å². The van der Waals surface area contributed by atoms with E-state index in [9.17, 15) is 0 Å². The molecule has 9 nitrogen and oxygen atoms in total. The van der Waals surface area contributed by atoms with Crippen LogP contribution in [0.15, 0.2) is 34.6 Å². The van der Waals surface area contributed by atoms with Crippen molar-refractivity contribution in [1.29, 1.82) is 0 Å². The second-order valence-corrected chi connectivity index (χ2v) is 11.2. The van der Waals surface area contributed by atoms with Gasteiger partial charge in [-0.15, -0.1) is 0 Å². The van der Waals surface area contributed by atoms with Crippen molar-refractivity contribution in [2.45, 2.75) is 47.3 Å². The molecule has 2 saturated heterocycles. The highest BCUT2D eigenvalue weighted by atomic mass is 35.5. The van der Waals surface area contributed by atoms with Gasteiger partial charge >= 0.3 is 0 Å². The highest BCUT2D eigenvalue weighted by molar-refractivity contribution is 7.99. The lowest BCUT2D eigenvalue weighted by atomic mass is 10.1. The number of nitrogens with one attached hydrogen (secondary N) is 1. The summed E-state index contributed by atoms with van der Waals surface area (Å²) in [5.74, 6) is 2.31. The molecule has 0 bridgehead atoms. The Morgan fingerprint density at radius 1 is 0.971 bits per heavy atom. The maximum atomic E-state index is 6.85. The number of anilines is 2. The number of benzene rings is 1. The fourth-order valence-corrected chi connectivity index (χ4v) is 6.24. The quantitative estimate of drug-likeness (QED) is 0.349. The molecule has 3 aliphatic rings. The van der Waals surface area contributed by atoms with Crippen LogP contribution in [0.2, 0.25) is 5.02 Å². The van der Waals surface area contributed by atoms with Gasteiger partial charge in [-0.25, -0.2) is 19.9 Å². The molecular weight excluding hydrogens is 482 g/mol. The summed E-state index contributed by atoms with van der Waals surface area (Å²) in [7, 11) is 0. The second-order valence-electron chi connectivity index (χ2n) is 9.82. The van der Waals surface area contributed by atoms with E-state index in [0.717, 1.165) is 94.6 Å². The minimum atomic E-state index is 0.145. The van der Waals surface area contributed by atoms with Crippen molar-refractivity contribution in [1.82, 2.24) is 24.9 Å². The third kappa shape index (κ3) is 3.79. The number of aromatic amines is 1. The lowest BCUT2D eigenvalue weighted by Gasteiger charge is -2.38. The Morgan fingerprint density at radius 2 is 1.80 bits per heavy atom. The summed E-state index contributed by atoms with van der Waals surface area (Å²) in [6.45, 7) is 3.28. The zero-order valence-electron chi connectivity index (χ0n) is 19.1. The first-order chi connectivity index (χ1) is 17.0. The molecule has 3 fully saturated rings. The fraction of sp³-hybridized carbons (Fsp3) is 0.417. The van der Waals surface area contributed by atoms with Crippen LogP contribution in [0.25, 0.3) is 21.9 Å². The van der Waals surface area contributed by atoms with E-state index in [2.05, 4.69) is 43.0 Å². The van der Waals surface area contributed by atoms with Crippen LogP contribution in [0.5, 0.6) is 0 Å². The molecule has 1 atom stereocenters. The standard InChI is InChI=1S/C24H26ClN9S/c25-19-18-21(30-20(19)12-1-2-12)31-24(32-23(18)33-6-5-13(26)8-33)35-15-3-4-16-17(7-15)28-11-29-22(16)34-9-14(27)10-34/h3-4,7,11-14H,1-2,5-6,8-10,26-27H2,(H,30,31,32)/t13-/m0/s1. The average molecular weight is 508 g/mol. The van der Waals surface area contributed by atoms with Gasteiger partial charge in [0.05, 0.1) is 15.9 Å². The first-order valence-corrected chi connectivity index (χ1v) is 13.3. The van der Waals surface area contributed by atoms with Crippen molar-refractivity contribution >= 4 is 56.9 Å². The van der Waals surface area contributed by atoms with Crippen molar-refractivity contribution in [3.05, 3.63) is 35.2 Å². The largest absolute Gasteiger partial charge is 0.354 e. The van der Waals surface area contributed by atoms with Crippen molar-refractivity contribution in [3.63, 3.8) is 0 Å². The van der Waals surface area contributed by atoms with Crippen LogP contribution in [0, 0.1) is 0 Å². The van der Waals surface area contributed by atoms with E-state index >= 15 is 0 Å². The number of hydrogen-bond acceptors (Lipinski definition) is 9. The van der Waals surface area contributed by atoms with Crippen LogP contribution in [0.1, 0.15) is 30.9 Å². The monoisotopic (exact) mass is 507 g/mol. The van der Waals surface area contributed by atoms with E-state index in [1.165, 1.54) is 11.8 Å². The van der Waals surface area contributed by atoms with Gasteiger partial charge in [-0.05, 0) is 49.2 Å². The highest BCUT2D eigenvalue weighted by Gasteiger charge is 2.32. The molecule has 3 aromatic heterocycles. The Bertz CT molecular complexity index is 1450. The van der Waals surface area contributed by atoms with Crippen molar-refractivity contribution in [2.75, 3.05) is 36.0 Å². The van der Waals surface area contributed by atoms with Gasteiger partial charge in [-0.1, -0.05) is 11.6 Å². The minimum absolute atomic E-state index is 0.145. The van der Waals surface area contributed by atoms with Gasteiger partial charge < -0.3 is 26.3 Å². The van der Waals surface area contributed by atoms with Crippen LogP contribution in [-0.2, 0) is 0 Å². The molecule has 0 amide bonds. The molecule has 35 heavy (non-hydrogen) atoms. The minimum Gasteiger partial charge on any atom is -0.354 e. The zero-order valence-corrected chi connectivity index (χ0v) is 20.7. The second kappa shape index (κ2) is 8.19. The Morgan fingerprint density at radius 3 is 2.54 bits per heavy atom. The zero-order chi connectivity index (χ0) is 23.7. The molecule has 0 radical (unpaired) electrons. The first-order valence-electron chi connectivity index (χ1n) is 12.1. The van der Waals surface area contributed by atoms with Crippen molar-refractivity contribution in [2.24, 2.45) is 11.5 Å². The summed E-state index contributed by atoms with van der Waals surface area (Å²) in [6, 6.07) is 6.58. The third-order valence-electron chi connectivity index (χ3n) is 7.09. The number of halogens is 1. The Labute approximate surface area is 211 Å². The summed E-state index contributed by atoms with van der Waals surface area (Å²) in [4.78, 5) is 27.8. The number of H-pyrrole nitrogens is 1. The molecule has 0 spiro atoms. The molecule has 180 valence electrons. The number of nitrogens with two attached hydrogens (primary N) is 2. The molecule has 0 unspecified atom stereocenters. The molecule has 5 heterocycles. The van der Waals surface area contributed by atoms with E-state index in [0.29, 0.717) is 11.1 Å². The number of fused-ring (bicyclic) bond motifs is 2. The van der Waals surface area contributed by atoms with Gasteiger partial charge in [0.2, 0.25) is 0 Å². The summed E-state index contributed by atoms with van der Waals surface area (Å²) in [5.41, 5.74) is 15.0. The van der Waals surface area contributed by atoms with Crippen LogP contribution in [0.4, 0.5) is 11.6 Å². The molecular formula is C24H26ClN9S. The fourth-order valence-electron chi connectivity index (χ4n) is 5.08. The van der Waals surface area contributed by atoms with Gasteiger partial charge in [0.1, 0.15) is 23.6 Å². The summed E-state index contributed by atoms with van der Waals surface area (Å²) < 4.78 is 0. The van der Waals surface area contributed by atoms with E-state index in [-0.39, 0.29) is 12.1 Å². The summed E-state index contributed by atoms with van der Waals surface area (Å²) >= 11 is 8.38. The lowest BCUT2D eigenvalue weighted by Crippen LogP contribution is -2.56. The van der Waals surface area contributed by atoms with Crippen LogP contribution < -0.4 is 21.3 Å². The summed E-state index contributed by atoms with van der Waals surface area (Å²) in [6.07, 6.45) is 4.89. The molecule has 4 aromatic rings. The molecule has 7 rings (SSSR count). The smallest absolute Gasteiger partial charge is 0.196 e. The third-order valence-corrected chi connectivity index (χ3v) is 8.34. The molecule has 1 saturated carbocycles. The number of hydrogen-bond donors (Lipinski definition) is 3. The van der Waals surface area contributed by atoms with Gasteiger partial charge in [0.25, 0.3) is 0 Å². The predicted octanol–water partition coefficient (Wildman–Crippen LogP) is 3.27. The van der Waals surface area contributed by atoms with E-state index in [1.54, 1.807) is 6.33 Å². The Balaban J connectivity index is 1.26. The lowest BCUT2D eigenvalue weighted by molar-refractivity contribution is 0.516. The molecule has 1 aliphatic carbocycles. The van der Waals surface area contributed by atoms with Gasteiger partial charge in [-0.2, -0.15) is 0 Å². The maximum absolute atomic E-state index is 6.85.